The summed E-state index contributed by atoms with van der Waals surface area (Å²) in [6.45, 7) is 4.72. The average Bonchev–Trinajstić information content (AvgIpc) is 3.42. The Balaban J connectivity index is 1.18. The van der Waals surface area contributed by atoms with E-state index in [0.717, 1.165) is 33.6 Å². The van der Waals surface area contributed by atoms with Crippen LogP contribution in [-0.4, -0.2) is 9.97 Å². The van der Waals surface area contributed by atoms with Gasteiger partial charge < -0.3 is 0 Å². The minimum Gasteiger partial charge on any atom is -0.228 e. The maximum atomic E-state index is 5.17. The molecule has 0 amide bonds. The van der Waals surface area contributed by atoms with E-state index >= 15 is 0 Å². The minimum absolute atomic E-state index is 0.0958. The van der Waals surface area contributed by atoms with E-state index in [2.05, 4.69) is 178 Å². The quantitative estimate of drug-likeness (QED) is 0.190. The summed E-state index contributed by atoms with van der Waals surface area (Å²) in [4.78, 5) is 10.3. The zero-order valence-corrected chi connectivity index (χ0v) is 27.6. The molecular formula is C47H34N2. The first kappa shape index (κ1) is 29.1. The molecular weight excluding hydrogens is 593 g/mol. The van der Waals surface area contributed by atoms with Crippen LogP contribution in [0.3, 0.4) is 0 Å². The van der Waals surface area contributed by atoms with Crippen LogP contribution in [0.1, 0.15) is 25.0 Å². The van der Waals surface area contributed by atoms with Gasteiger partial charge in [0.15, 0.2) is 5.82 Å². The van der Waals surface area contributed by atoms with E-state index in [4.69, 9.17) is 9.97 Å². The van der Waals surface area contributed by atoms with Gasteiger partial charge >= 0.3 is 0 Å². The van der Waals surface area contributed by atoms with Gasteiger partial charge in [0.05, 0.1) is 11.4 Å². The van der Waals surface area contributed by atoms with Crippen LogP contribution in [0.15, 0.2) is 170 Å². The Morgan fingerprint density at radius 2 is 1.00 bits per heavy atom. The summed E-state index contributed by atoms with van der Waals surface area (Å²) in [6, 6.07) is 60.5. The van der Waals surface area contributed by atoms with E-state index in [1.165, 1.54) is 49.7 Å². The molecule has 49 heavy (non-hydrogen) atoms. The zero-order chi connectivity index (χ0) is 33.0. The molecule has 9 rings (SSSR count). The highest BCUT2D eigenvalue weighted by atomic mass is 14.9. The summed E-state index contributed by atoms with van der Waals surface area (Å²) in [5.41, 5.74) is 15.1. The predicted octanol–water partition coefficient (Wildman–Crippen LogP) is 12.3. The molecule has 1 heterocycles. The molecule has 0 saturated heterocycles. The van der Waals surface area contributed by atoms with Crippen molar-refractivity contribution in [2.45, 2.75) is 19.3 Å². The van der Waals surface area contributed by atoms with Gasteiger partial charge in [-0.15, -0.1) is 0 Å². The topological polar surface area (TPSA) is 25.8 Å². The first-order chi connectivity index (χ1) is 24.0. The molecule has 1 aliphatic rings. The van der Waals surface area contributed by atoms with E-state index in [-0.39, 0.29) is 5.41 Å². The smallest absolute Gasteiger partial charge is 0.160 e. The van der Waals surface area contributed by atoms with Gasteiger partial charge in [0.1, 0.15) is 0 Å². The molecule has 1 aromatic heterocycles. The van der Waals surface area contributed by atoms with Crippen LogP contribution in [0.25, 0.3) is 78.1 Å². The van der Waals surface area contributed by atoms with Gasteiger partial charge in [-0.05, 0) is 73.5 Å². The monoisotopic (exact) mass is 626 g/mol. The summed E-state index contributed by atoms with van der Waals surface area (Å²) in [7, 11) is 0. The molecule has 8 aromatic rings. The molecule has 0 N–H and O–H groups in total. The SMILES string of the molecule is CC1(C)c2ccccc2-c2c(-c3ccc(-c4nc(-c5ccccc5)cc(-c5cccc(-c6ccccc6)c5)n4)cc3)cc3ccccc3c21. The van der Waals surface area contributed by atoms with Crippen LogP contribution in [0.4, 0.5) is 0 Å². The van der Waals surface area contributed by atoms with Crippen molar-refractivity contribution in [3.05, 3.63) is 181 Å². The van der Waals surface area contributed by atoms with Crippen molar-refractivity contribution in [1.29, 1.82) is 0 Å². The van der Waals surface area contributed by atoms with Crippen LogP contribution in [0.2, 0.25) is 0 Å². The summed E-state index contributed by atoms with van der Waals surface area (Å²) in [6.07, 6.45) is 0. The summed E-state index contributed by atoms with van der Waals surface area (Å²) in [5, 5.41) is 2.59. The fourth-order valence-electron chi connectivity index (χ4n) is 7.65. The molecule has 0 fully saturated rings. The number of hydrogen-bond donors (Lipinski definition) is 0. The van der Waals surface area contributed by atoms with Crippen molar-refractivity contribution in [1.82, 2.24) is 9.97 Å². The van der Waals surface area contributed by atoms with Crippen molar-refractivity contribution in [2.24, 2.45) is 0 Å². The maximum absolute atomic E-state index is 5.17. The second-order valence-corrected chi connectivity index (χ2v) is 13.4. The molecule has 2 nitrogen and oxygen atoms in total. The summed E-state index contributed by atoms with van der Waals surface area (Å²) >= 11 is 0. The van der Waals surface area contributed by atoms with Crippen LogP contribution >= 0.6 is 0 Å². The first-order valence-electron chi connectivity index (χ1n) is 16.9. The normalized spacial score (nSPS) is 12.9. The van der Waals surface area contributed by atoms with Crippen LogP contribution in [0, 0.1) is 0 Å². The summed E-state index contributed by atoms with van der Waals surface area (Å²) < 4.78 is 0. The predicted molar refractivity (Wildman–Crippen MR) is 204 cm³/mol. The standard InChI is InChI=1S/C47H34N2/c1-47(2)41-23-12-11-22-39(41)44-40(29-36-18-9-10-21-38(36)45(44)47)32-24-26-34(27-25-32)46-48-42(33-16-7-4-8-17-33)30-43(49-46)37-20-13-19-35(28-37)31-14-5-3-6-15-31/h3-30H,1-2H3. The van der Waals surface area contributed by atoms with Gasteiger partial charge in [-0.2, -0.15) is 0 Å². The molecule has 0 aliphatic heterocycles. The van der Waals surface area contributed by atoms with Crippen LogP contribution in [0.5, 0.6) is 0 Å². The fourth-order valence-corrected chi connectivity index (χ4v) is 7.65. The van der Waals surface area contributed by atoms with Gasteiger partial charge in [0.2, 0.25) is 0 Å². The van der Waals surface area contributed by atoms with Crippen molar-refractivity contribution in [3.8, 4) is 67.3 Å². The Bertz CT molecular complexity index is 2490. The van der Waals surface area contributed by atoms with Crippen molar-refractivity contribution >= 4 is 10.8 Å². The Morgan fingerprint density at radius 1 is 0.408 bits per heavy atom. The highest BCUT2D eigenvalue weighted by molar-refractivity contribution is 6.04. The molecule has 232 valence electrons. The average molecular weight is 627 g/mol. The molecule has 0 spiro atoms. The molecule has 1 aliphatic carbocycles. The Hall–Kier alpha value is -6.12. The lowest BCUT2D eigenvalue weighted by molar-refractivity contribution is 0.666. The minimum atomic E-state index is -0.0958. The Morgan fingerprint density at radius 3 is 1.78 bits per heavy atom. The molecule has 0 saturated carbocycles. The number of nitrogens with zero attached hydrogens (tertiary/aromatic N) is 2. The molecule has 0 unspecified atom stereocenters. The van der Waals surface area contributed by atoms with Gasteiger partial charge in [0, 0.05) is 22.1 Å². The Kier molecular flexibility index (Phi) is 6.84. The Labute approximate surface area is 287 Å². The van der Waals surface area contributed by atoms with Crippen molar-refractivity contribution < 1.29 is 0 Å². The van der Waals surface area contributed by atoms with E-state index in [1.807, 2.05) is 6.07 Å². The third-order valence-electron chi connectivity index (χ3n) is 10.1. The second-order valence-electron chi connectivity index (χ2n) is 13.4. The van der Waals surface area contributed by atoms with Crippen LogP contribution < -0.4 is 0 Å². The lowest BCUT2D eigenvalue weighted by Gasteiger charge is -2.24. The highest BCUT2D eigenvalue weighted by Crippen LogP contribution is 2.54. The number of rotatable bonds is 5. The number of aromatic nitrogens is 2. The van der Waals surface area contributed by atoms with E-state index in [9.17, 15) is 0 Å². The highest BCUT2D eigenvalue weighted by Gasteiger charge is 2.38. The molecule has 2 heteroatoms. The fraction of sp³-hybridized carbons (Fsp3) is 0.0638. The van der Waals surface area contributed by atoms with E-state index in [1.54, 1.807) is 0 Å². The first-order valence-corrected chi connectivity index (χ1v) is 16.9. The van der Waals surface area contributed by atoms with Gasteiger partial charge in [-0.3, -0.25) is 0 Å². The van der Waals surface area contributed by atoms with Gasteiger partial charge in [-0.25, -0.2) is 9.97 Å². The second kappa shape index (κ2) is 11.5. The molecule has 0 bridgehead atoms. The lowest BCUT2D eigenvalue weighted by Crippen LogP contribution is -2.15. The maximum Gasteiger partial charge on any atom is 0.160 e. The molecule has 7 aromatic carbocycles. The number of fused-ring (bicyclic) bond motifs is 5. The third-order valence-corrected chi connectivity index (χ3v) is 10.1. The molecule has 0 radical (unpaired) electrons. The summed E-state index contributed by atoms with van der Waals surface area (Å²) in [5.74, 6) is 0.711. The van der Waals surface area contributed by atoms with Crippen molar-refractivity contribution in [2.75, 3.05) is 0 Å². The van der Waals surface area contributed by atoms with Crippen LogP contribution in [-0.2, 0) is 5.41 Å². The number of benzene rings is 7. The number of hydrogen-bond acceptors (Lipinski definition) is 2. The van der Waals surface area contributed by atoms with Crippen molar-refractivity contribution in [3.63, 3.8) is 0 Å². The van der Waals surface area contributed by atoms with Gasteiger partial charge in [0.25, 0.3) is 0 Å². The third kappa shape index (κ3) is 4.96. The zero-order valence-electron chi connectivity index (χ0n) is 27.6. The molecule has 0 atom stereocenters. The van der Waals surface area contributed by atoms with E-state index < -0.39 is 0 Å². The largest absolute Gasteiger partial charge is 0.228 e. The lowest BCUT2D eigenvalue weighted by atomic mass is 9.79. The van der Waals surface area contributed by atoms with Gasteiger partial charge in [-0.1, -0.05) is 166 Å². The van der Waals surface area contributed by atoms with E-state index in [0.29, 0.717) is 5.82 Å².